The van der Waals surface area contributed by atoms with Gasteiger partial charge in [0.05, 0.1) is 26.2 Å². The maximum absolute atomic E-state index is 12.2. The summed E-state index contributed by atoms with van der Waals surface area (Å²) in [5, 5.41) is 11.3. The third kappa shape index (κ3) is 4.48. The van der Waals surface area contributed by atoms with Crippen molar-refractivity contribution < 1.29 is 29.0 Å². The minimum absolute atomic E-state index is 0.202. The van der Waals surface area contributed by atoms with E-state index in [1.165, 1.54) is 7.11 Å². The topological polar surface area (TPSA) is 102 Å². The third-order valence-corrected chi connectivity index (χ3v) is 2.80. The van der Waals surface area contributed by atoms with Crippen LogP contribution in [0, 0.1) is 6.92 Å². The number of methoxy groups -OCH3 is 2. The molecule has 114 valence electrons. The number of aryl methyl sites for hydroxylation is 1. The molecule has 7 nitrogen and oxygen atoms in total. The molecule has 0 radical (unpaired) electrons. The van der Waals surface area contributed by atoms with E-state index in [9.17, 15) is 14.4 Å². The standard InChI is InChI=1S/C14H17NO6/c1-8-4-5-11(20-2)9(6-8)13(17)15-10(14(18)19)7-12(16)21-3/h4-6,10H,7H2,1-3H3,(H,15,17)(H,18,19)/t10-/m0/s1. The predicted octanol–water partition coefficient (Wildman–Crippen LogP) is 0.750. The van der Waals surface area contributed by atoms with Crippen LogP contribution in [0.25, 0.3) is 0 Å². The highest BCUT2D eigenvalue weighted by Gasteiger charge is 2.25. The van der Waals surface area contributed by atoms with Crippen molar-refractivity contribution in [3.63, 3.8) is 0 Å². The van der Waals surface area contributed by atoms with Crippen molar-refractivity contribution in [2.24, 2.45) is 0 Å². The highest BCUT2D eigenvalue weighted by Crippen LogP contribution is 2.19. The van der Waals surface area contributed by atoms with Gasteiger partial charge in [0, 0.05) is 0 Å². The summed E-state index contributed by atoms with van der Waals surface area (Å²) in [5.74, 6) is -2.36. The number of carboxylic acids is 1. The summed E-state index contributed by atoms with van der Waals surface area (Å²) in [5.41, 5.74) is 1.02. The molecule has 0 unspecified atom stereocenters. The van der Waals surface area contributed by atoms with Crippen LogP contribution in [-0.4, -0.2) is 43.2 Å². The molecule has 1 aromatic rings. The van der Waals surface area contributed by atoms with Crippen molar-refractivity contribution in [1.82, 2.24) is 5.32 Å². The lowest BCUT2D eigenvalue weighted by atomic mass is 10.1. The first-order valence-electron chi connectivity index (χ1n) is 6.14. The number of carboxylic acid groups (broad SMARTS) is 1. The first-order chi connectivity index (χ1) is 9.88. The van der Waals surface area contributed by atoms with Crippen LogP contribution in [0.2, 0.25) is 0 Å². The monoisotopic (exact) mass is 295 g/mol. The molecule has 0 fully saturated rings. The third-order valence-electron chi connectivity index (χ3n) is 2.80. The number of amides is 1. The van der Waals surface area contributed by atoms with Crippen LogP contribution in [0.5, 0.6) is 5.75 Å². The fourth-order valence-electron chi connectivity index (χ4n) is 1.69. The Kier molecular flexibility index (Phi) is 5.71. The molecule has 1 atom stereocenters. The molecule has 0 aliphatic rings. The molecular formula is C14H17NO6. The number of carbonyl (C=O) groups excluding carboxylic acids is 2. The van der Waals surface area contributed by atoms with Crippen molar-refractivity contribution in [1.29, 1.82) is 0 Å². The molecule has 1 amide bonds. The summed E-state index contributed by atoms with van der Waals surface area (Å²) >= 11 is 0. The van der Waals surface area contributed by atoms with E-state index in [0.29, 0.717) is 5.75 Å². The molecule has 7 heteroatoms. The van der Waals surface area contributed by atoms with Gasteiger partial charge in [-0.25, -0.2) is 4.79 Å². The second kappa shape index (κ2) is 7.28. The van der Waals surface area contributed by atoms with Gasteiger partial charge in [-0.05, 0) is 19.1 Å². The van der Waals surface area contributed by atoms with Gasteiger partial charge in [-0.3, -0.25) is 9.59 Å². The SMILES string of the molecule is COC(=O)C[C@H](NC(=O)c1cc(C)ccc1OC)C(=O)O. The van der Waals surface area contributed by atoms with Crippen LogP contribution in [0.1, 0.15) is 22.3 Å². The molecular weight excluding hydrogens is 278 g/mol. The highest BCUT2D eigenvalue weighted by atomic mass is 16.5. The lowest BCUT2D eigenvalue weighted by Crippen LogP contribution is -2.42. The van der Waals surface area contributed by atoms with Crippen molar-refractivity contribution in [3.8, 4) is 5.75 Å². The molecule has 0 saturated heterocycles. The summed E-state index contributed by atoms with van der Waals surface area (Å²) in [6, 6.07) is 3.58. The normalized spacial score (nSPS) is 11.4. The molecule has 0 heterocycles. The van der Waals surface area contributed by atoms with Gasteiger partial charge in [0.25, 0.3) is 5.91 Å². The maximum atomic E-state index is 12.2. The Balaban J connectivity index is 2.94. The maximum Gasteiger partial charge on any atom is 0.326 e. The lowest BCUT2D eigenvalue weighted by molar-refractivity contribution is -0.147. The van der Waals surface area contributed by atoms with Gasteiger partial charge in [0.15, 0.2) is 0 Å². The van der Waals surface area contributed by atoms with Gasteiger partial charge in [-0.2, -0.15) is 0 Å². The minimum Gasteiger partial charge on any atom is -0.496 e. The van der Waals surface area contributed by atoms with E-state index >= 15 is 0 Å². The van der Waals surface area contributed by atoms with Crippen LogP contribution < -0.4 is 10.1 Å². The number of nitrogens with one attached hydrogen (secondary N) is 1. The van der Waals surface area contributed by atoms with E-state index in [-0.39, 0.29) is 5.56 Å². The van der Waals surface area contributed by atoms with Gasteiger partial charge in [-0.1, -0.05) is 11.6 Å². The average molecular weight is 295 g/mol. The van der Waals surface area contributed by atoms with E-state index in [4.69, 9.17) is 9.84 Å². The van der Waals surface area contributed by atoms with Gasteiger partial charge < -0.3 is 19.9 Å². The average Bonchev–Trinajstić information content (AvgIpc) is 2.45. The van der Waals surface area contributed by atoms with Gasteiger partial charge >= 0.3 is 11.9 Å². The number of benzene rings is 1. The molecule has 0 bridgehead atoms. The lowest BCUT2D eigenvalue weighted by Gasteiger charge is -2.15. The van der Waals surface area contributed by atoms with Crippen molar-refractivity contribution in [3.05, 3.63) is 29.3 Å². The van der Waals surface area contributed by atoms with Crippen LogP contribution in [0.4, 0.5) is 0 Å². The van der Waals surface area contributed by atoms with Crippen LogP contribution in [-0.2, 0) is 14.3 Å². The molecule has 0 aliphatic carbocycles. The number of carbonyl (C=O) groups is 3. The highest BCUT2D eigenvalue weighted by molar-refractivity contribution is 5.99. The molecule has 1 aromatic carbocycles. The van der Waals surface area contributed by atoms with E-state index in [2.05, 4.69) is 10.1 Å². The summed E-state index contributed by atoms with van der Waals surface area (Å²) < 4.78 is 9.47. The van der Waals surface area contributed by atoms with Gasteiger partial charge in [-0.15, -0.1) is 0 Å². The van der Waals surface area contributed by atoms with Gasteiger partial charge in [0.1, 0.15) is 11.8 Å². The number of esters is 1. The van der Waals surface area contributed by atoms with Crippen molar-refractivity contribution in [2.75, 3.05) is 14.2 Å². The first kappa shape index (κ1) is 16.5. The molecule has 0 aromatic heterocycles. The smallest absolute Gasteiger partial charge is 0.326 e. The zero-order chi connectivity index (χ0) is 16.0. The molecule has 0 spiro atoms. The Morgan fingerprint density at radius 3 is 2.48 bits per heavy atom. The number of hydrogen-bond acceptors (Lipinski definition) is 5. The number of rotatable bonds is 6. The summed E-state index contributed by atoms with van der Waals surface area (Å²) in [6.45, 7) is 1.79. The largest absolute Gasteiger partial charge is 0.496 e. The van der Waals surface area contributed by atoms with Gasteiger partial charge in [0.2, 0.25) is 0 Å². The Bertz CT molecular complexity index is 554. The molecule has 21 heavy (non-hydrogen) atoms. The number of ether oxygens (including phenoxy) is 2. The molecule has 0 aliphatic heterocycles. The van der Waals surface area contributed by atoms with E-state index < -0.39 is 30.3 Å². The molecule has 0 saturated carbocycles. The van der Waals surface area contributed by atoms with Crippen molar-refractivity contribution in [2.45, 2.75) is 19.4 Å². The summed E-state index contributed by atoms with van der Waals surface area (Å²) in [4.78, 5) is 34.4. The van der Waals surface area contributed by atoms with Crippen LogP contribution in [0.3, 0.4) is 0 Å². The minimum atomic E-state index is -1.37. The quantitative estimate of drug-likeness (QED) is 0.751. The second-order valence-corrected chi connectivity index (χ2v) is 4.35. The predicted molar refractivity (Wildman–Crippen MR) is 73.3 cm³/mol. The fourth-order valence-corrected chi connectivity index (χ4v) is 1.69. The Morgan fingerprint density at radius 2 is 1.95 bits per heavy atom. The summed E-state index contributed by atoms with van der Waals surface area (Å²) in [7, 11) is 2.55. The number of hydrogen-bond donors (Lipinski definition) is 2. The van der Waals surface area contributed by atoms with E-state index in [1.807, 2.05) is 0 Å². The summed E-state index contributed by atoms with van der Waals surface area (Å²) in [6.07, 6.45) is -0.453. The van der Waals surface area contributed by atoms with Crippen LogP contribution >= 0.6 is 0 Å². The second-order valence-electron chi connectivity index (χ2n) is 4.35. The van der Waals surface area contributed by atoms with E-state index in [1.54, 1.807) is 25.1 Å². The first-order valence-corrected chi connectivity index (χ1v) is 6.14. The number of aliphatic carboxylic acids is 1. The Labute approximate surface area is 121 Å². The molecule has 2 N–H and O–H groups in total. The van der Waals surface area contributed by atoms with E-state index in [0.717, 1.165) is 12.7 Å². The zero-order valence-corrected chi connectivity index (χ0v) is 12.0. The zero-order valence-electron chi connectivity index (χ0n) is 12.0. The van der Waals surface area contributed by atoms with Crippen LogP contribution in [0.15, 0.2) is 18.2 Å². The Morgan fingerprint density at radius 1 is 1.29 bits per heavy atom. The Hall–Kier alpha value is -2.57. The fraction of sp³-hybridized carbons (Fsp3) is 0.357. The molecule has 1 rings (SSSR count). The van der Waals surface area contributed by atoms with Crippen molar-refractivity contribution >= 4 is 17.8 Å².